The largest absolute Gasteiger partial charge is 0.495 e. The minimum atomic E-state index is 0.428. The van der Waals surface area contributed by atoms with Crippen LogP contribution in [0.2, 0.25) is 0 Å². The van der Waals surface area contributed by atoms with Crippen molar-refractivity contribution in [3.05, 3.63) is 12.0 Å². The maximum Gasteiger partial charge on any atom is 0.182 e. The summed E-state index contributed by atoms with van der Waals surface area (Å²) < 4.78 is 0. The topological polar surface area (TPSA) is 23.5 Å². The number of hydrogen-bond acceptors (Lipinski definition) is 2. The third-order valence-corrected chi connectivity index (χ3v) is 1.70. The summed E-state index contributed by atoms with van der Waals surface area (Å²) in [5, 5.41) is 9.43. The smallest absolute Gasteiger partial charge is 0.182 e. The van der Waals surface area contributed by atoms with Crippen LogP contribution < -0.4 is 0 Å². The molecule has 0 atom stereocenters. The van der Waals surface area contributed by atoms with Gasteiger partial charge in [0.05, 0.1) is 0 Å². The molecule has 0 aromatic heterocycles. The van der Waals surface area contributed by atoms with E-state index in [0.29, 0.717) is 5.88 Å². The molecule has 0 aromatic carbocycles. The van der Waals surface area contributed by atoms with Crippen molar-refractivity contribution >= 4 is 0 Å². The first-order valence-corrected chi connectivity index (χ1v) is 4.40. The Hall–Kier alpha value is -0.660. The standard InChI is InChI=1S/C9H19NO/c1-4-7-8-9(11)10(5-2)6-3/h8,11H,4-7H2,1-3H3/b9-8+. The maximum absolute atomic E-state index is 9.43. The molecule has 1 N–H and O–H groups in total. The molecule has 0 rings (SSSR count). The first-order valence-electron chi connectivity index (χ1n) is 4.40. The molecule has 0 saturated carbocycles. The fourth-order valence-corrected chi connectivity index (χ4v) is 0.950. The molecule has 0 radical (unpaired) electrons. The predicted octanol–water partition coefficient (Wildman–Crippen LogP) is 2.53. The van der Waals surface area contributed by atoms with Crippen LogP contribution in [-0.4, -0.2) is 23.1 Å². The number of hydrogen-bond donors (Lipinski definition) is 1. The van der Waals surface area contributed by atoms with Crippen molar-refractivity contribution in [3.63, 3.8) is 0 Å². The van der Waals surface area contributed by atoms with Crippen molar-refractivity contribution in [1.29, 1.82) is 0 Å². The van der Waals surface area contributed by atoms with Crippen LogP contribution in [0.25, 0.3) is 0 Å². The van der Waals surface area contributed by atoms with Crippen LogP contribution in [0.4, 0.5) is 0 Å². The summed E-state index contributed by atoms with van der Waals surface area (Å²) in [6.07, 6.45) is 3.93. The van der Waals surface area contributed by atoms with Gasteiger partial charge < -0.3 is 10.0 Å². The fraction of sp³-hybridized carbons (Fsp3) is 0.778. The van der Waals surface area contributed by atoms with E-state index in [4.69, 9.17) is 0 Å². The van der Waals surface area contributed by atoms with Crippen LogP contribution in [-0.2, 0) is 0 Å². The Morgan fingerprint density at radius 2 is 1.82 bits per heavy atom. The molecule has 0 aliphatic rings. The van der Waals surface area contributed by atoms with E-state index in [0.717, 1.165) is 25.9 Å². The lowest BCUT2D eigenvalue weighted by atomic mass is 10.3. The second-order valence-electron chi connectivity index (χ2n) is 2.52. The number of allylic oxidation sites excluding steroid dienone is 1. The minimum absolute atomic E-state index is 0.428. The van der Waals surface area contributed by atoms with Gasteiger partial charge in [-0.3, -0.25) is 0 Å². The van der Waals surface area contributed by atoms with Crippen LogP contribution in [0, 0.1) is 0 Å². The summed E-state index contributed by atoms with van der Waals surface area (Å²) in [5.41, 5.74) is 0. The normalized spacial score (nSPS) is 11.7. The molecule has 0 aliphatic heterocycles. The molecule has 0 fully saturated rings. The van der Waals surface area contributed by atoms with E-state index in [1.807, 2.05) is 24.8 Å². The zero-order valence-corrected chi connectivity index (χ0v) is 7.80. The maximum atomic E-state index is 9.43. The lowest BCUT2D eigenvalue weighted by Gasteiger charge is -2.19. The molecular weight excluding hydrogens is 138 g/mol. The van der Waals surface area contributed by atoms with E-state index in [2.05, 4.69) is 6.92 Å². The fourth-order valence-electron chi connectivity index (χ4n) is 0.950. The lowest BCUT2D eigenvalue weighted by molar-refractivity contribution is 0.214. The Labute approximate surface area is 69.5 Å². The molecule has 0 aromatic rings. The van der Waals surface area contributed by atoms with Crippen molar-refractivity contribution in [2.75, 3.05) is 13.1 Å². The van der Waals surface area contributed by atoms with Gasteiger partial charge >= 0.3 is 0 Å². The number of rotatable bonds is 5. The van der Waals surface area contributed by atoms with Crippen molar-refractivity contribution in [1.82, 2.24) is 4.90 Å². The van der Waals surface area contributed by atoms with Gasteiger partial charge in [0.25, 0.3) is 0 Å². The van der Waals surface area contributed by atoms with Gasteiger partial charge in [0, 0.05) is 13.1 Å². The van der Waals surface area contributed by atoms with Crippen LogP contribution >= 0.6 is 0 Å². The molecule has 2 heteroatoms. The number of unbranched alkanes of at least 4 members (excludes halogenated alkanes) is 1. The molecule has 0 saturated heterocycles. The Bertz CT molecular complexity index is 117. The van der Waals surface area contributed by atoms with Gasteiger partial charge in [-0.2, -0.15) is 0 Å². The summed E-state index contributed by atoms with van der Waals surface area (Å²) in [4.78, 5) is 1.94. The molecule has 0 heterocycles. The summed E-state index contributed by atoms with van der Waals surface area (Å²) in [6, 6.07) is 0. The average molecular weight is 157 g/mol. The molecule has 2 nitrogen and oxygen atoms in total. The van der Waals surface area contributed by atoms with E-state index in [-0.39, 0.29) is 0 Å². The Morgan fingerprint density at radius 3 is 2.18 bits per heavy atom. The van der Waals surface area contributed by atoms with Crippen molar-refractivity contribution < 1.29 is 5.11 Å². The first kappa shape index (κ1) is 10.3. The SMILES string of the molecule is CCC/C=C(/O)N(CC)CC. The molecule has 66 valence electrons. The summed E-state index contributed by atoms with van der Waals surface area (Å²) in [6.45, 7) is 7.94. The number of aliphatic hydroxyl groups excluding tert-OH is 1. The van der Waals surface area contributed by atoms with Gasteiger partial charge in [-0.15, -0.1) is 0 Å². The average Bonchev–Trinajstić information content (AvgIpc) is 2.03. The zero-order valence-electron chi connectivity index (χ0n) is 7.80. The van der Waals surface area contributed by atoms with E-state index in [1.165, 1.54) is 0 Å². The van der Waals surface area contributed by atoms with Crippen LogP contribution in [0.3, 0.4) is 0 Å². The highest BCUT2D eigenvalue weighted by atomic mass is 16.3. The quantitative estimate of drug-likeness (QED) is 0.620. The molecule has 0 amide bonds. The summed E-state index contributed by atoms with van der Waals surface area (Å²) in [7, 11) is 0. The van der Waals surface area contributed by atoms with E-state index >= 15 is 0 Å². The van der Waals surface area contributed by atoms with Gasteiger partial charge in [-0.05, 0) is 26.3 Å². The Morgan fingerprint density at radius 1 is 1.27 bits per heavy atom. The number of aliphatic hydroxyl groups is 1. The molecule has 0 unspecified atom stereocenters. The summed E-state index contributed by atoms with van der Waals surface area (Å²) >= 11 is 0. The third kappa shape index (κ3) is 3.91. The third-order valence-electron chi connectivity index (χ3n) is 1.70. The minimum Gasteiger partial charge on any atom is -0.495 e. The van der Waals surface area contributed by atoms with Gasteiger partial charge in [0.1, 0.15) is 0 Å². The molecule has 0 bridgehead atoms. The van der Waals surface area contributed by atoms with Crippen LogP contribution in [0.15, 0.2) is 12.0 Å². The Kier molecular flexibility index (Phi) is 5.71. The highest BCUT2D eigenvalue weighted by Crippen LogP contribution is 2.01. The first-order chi connectivity index (χ1) is 5.26. The van der Waals surface area contributed by atoms with Gasteiger partial charge in [0.15, 0.2) is 5.88 Å². The van der Waals surface area contributed by atoms with E-state index < -0.39 is 0 Å². The van der Waals surface area contributed by atoms with Crippen molar-refractivity contribution in [3.8, 4) is 0 Å². The molecule has 11 heavy (non-hydrogen) atoms. The molecule has 0 aliphatic carbocycles. The molecular formula is C9H19NO. The lowest BCUT2D eigenvalue weighted by Crippen LogP contribution is -2.21. The van der Waals surface area contributed by atoms with Crippen LogP contribution in [0.1, 0.15) is 33.6 Å². The number of nitrogens with zero attached hydrogens (tertiary/aromatic N) is 1. The van der Waals surface area contributed by atoms with Crippen molar-refractivity contribution in [2.45, 2.75) is 33.6 Å². The van der Waals surface area contributed by atoms with Gasteiger partial charge in [-0.1, -0.05) is 13.3 Å². The zero-order chi connectivity index (χ0) is 8.69. The highest BCUT2D eigenvalue weighted by Gasteiger charge is 2.00. The Balaban J connectivity index is 3.85. The molecule has 0 spiro atoms. The van der Waals surface area contributed by atoms with Gasteiger partial charge in [0.2, 0.25) is 0 Å². The van der Waals surface area contributed by atoms with Crippen molar-refractivity contribution in [2.24, 2.45) is 0 Å². The van der Waals surface area contributed by atoms with E-state index in [1.54, 1.807) is 0 Å². The van der Waals surface area contributed by atoms with Crippen LogP contribution in [0.5, 0.6) is 0 Å². The summed E-state index contributed by atoms with van der Waals surface area (Å²) in [5.74, 6) is 0.428. The highest BCUT2D eigenvalue weighted by molar-refractivity contribution is 4.89. The second-order valence-corrected chi connectivity index (χ2v) is 2.52. The van der Waals surface area contributed by atoms with E-state index in [9.17, 15) is 5.11 Å². The second kappa shape index (κ2) is 6.08. The van der Waals surface area contributed by atoms with Gasteiger partial charge in [-0.25, -0.2) is 0 Å². The predicted molar refractivity (Wildman–Crippen MR) is 48.5 cm³/mol. The monoisotopic (exact) mass is 157 g/mol.